The highest BCUT2D eigenvalue weighted by molar-refractivity contribution is 5.91. The molecule has 0 radical (unpaired) electrons. The topological polar surface area (TPSA) is 102 Å². The Hall–Kier alpha value is -3.97. The van der Waals surface area contributed by atoms with Crippen molar-refractivity contribution in [2.45, 2.75) is 26.2 Å². The maximum atomic E-state index is 13.1. The van der Waals surface area contributed by atoms with Crippen LogP contribution in [0.4, 0.5) is 21.8 Å². The highest BCUT2D eigenvalue weighted by Crippen LogP contribution is 2.17. The molecule has 1 heterocycles. The number of likely N-dealkylation sites (N-methyl/N-ethyl adjacent to an activating group) is 2. The van der Waals surface area contributed by atoms with E-state index >= 15 is 0 Å². The van der Waals surface area contributed by atoms with Crippen LogP contribution < -0.4 is 16.0 Å². The fourth-order valence-electron chi connectivity index (χ4n) is 2.98. The molecular formula is C27H36FN7O2. The predicted molar refractivity (Wildman–Crippen MR) is 145 cm³/mol. The van der Waals surface area contributed by atoms with Crippen molar-refractivity contribution in [3.63, 3.8) is 0 Å². The van der Waals surface area contributed by atoms with Gasteiger partial charge in [-0.3, -0.25) is 9.59 Å². The van der Waals surface area contributed by atoms with Gasteiger partial charge in [0.1, 0.15) is 11.6 Å². The molecular weight excluding hydrogens is 473 g/mol. The first-order valence-electron chi connectivity index (χ1n) is 12.2. The summed E-state index contributed by atoms with van der Waals surface area (Å²) in [4.78, 5) is 36.3. The van der Waals surface area contributed by atoms with Crippen LogP contribution in [0.5, 0.6) is 0 Å². The molecule has 0 bridgehead atoms. The number of carbonyl (C=O) groups excluding carboxylic acids is 2. The lowest BCUT2D eigenvalue weighted by molar-refractivity contribution is -0.131. The van der Waals surface area contributed by atoms with Gasteiger partial charge < -0.3 is 25.8 Å². The van der Waals surface area contributed by atoms with Crippen LogP contribution in [0.15, 0.2) is 42.6 Å². The molecule has 0 unspecified atom stereocenters. The second-order valence-electron chi connectivity index (χ2n) is 8.63. The SMILES string of the molecule is CCCNc1nc(Nc2ccc(F)cc2)ncc1C#CCCCNC(=O)CN(C)C(=O)C=CCN(C)C. The molecule has 0 aliphatic carbocycles. The molecule has 1 aromatic heterocycles. The quantitative estimate of drug-likeness (QED) is 0.217. The molecule has 9 nitrogen and oxygen atoms in total. The zero-order valence-electron chi connectivity index (χ0n) is 22.0. The molecule has 2 rings (SSSR count). The maximum absolute atomic E-state index is 13.1. The zero-order chi connectivity index (χ0) is 27.0. The highest BCUT2D eigenvalue weighted by atomic mass is 19.1. The van der Waals surface area contributed by atoms with Crippen LogP contribution in [-0.2, 0) is 9.59 Å². The average molecular weight is 510 g/mol. The number of carbonyl (C=O) groups is 2. The molecule has 10 heteroatoms. The Labute approximate surface area is 218 Å². The van der Waals surface area contributed by atoms with Gasteiger partial charge in [0.15, 0.2) is 0 Å². The number of anilines is 3. The van der Waals surface area contributed by atoms with E-state index in [4.69, 9.17) is 0 Å². The van der Waals surface area contributed by atoms with Crippen molar-refractivity contribution in [2.24, 2.45) is 0 Å². The Morgan fingerprint density at radius 2 is 1.89 bits per heavy atom. The third kappa shape index (κ3) is 11.5. The molecule has 2 amide bonds. The van der Waals surface area contributed by atoms with Gasteiger partial charge in [-0.25, -0.2) is 9.37 Å². The average Bonchev–Trinajstić information content (AvgIpc) is 2.86. The summed E-state index contributed by atoms with van der Waals surface area (Å²) in [6, 6.07) is 5.96. The van der Waals surface area contributed by atoms with Gasteiger partial charge >= 0.3 is 0 Å². The number of hydrogen-bond donors (Lipinski definition) is 3. The summed E-state index contributed by atoms with van der Waals surface area (Å²) in [5.41, 5.74) is 1.35. The third-order valence-electron chi connectivity index (χ3n) is 4.94. The van der Waals surface area contributed by atoms with Gasteiger partial charge in [0.05, 0.1) is 18.3 Å². The van der Waals surface area contributed by atoms with Gasteiger partial charge in [-0.2, -0.15) is 4.98 Å². The van der Waals surface area contributed by atoms with Gasteiger partial charge in [-0.15, -0.1) is 0 Å². The van der Waals surface area contributed by atoms with Crippen LogP contribution in [0.3, 0.4) is 0 Å². The van der Waals surface area contributed by atoms with Crippen LogP contribution in [0, 0.1) is 17.7 Å². The number of nitrogens with zero attached hydrogens (tertiary/aromatic N) is 4. The van der Waals surface area contributed by atoms with Gasteiger partial charge in [0.25, 0.3) is 0 Å². The summed E-state index contributed by atoms with van der Waals surface area (Å²) >= 11 is 0. The van der Waals surface area contributed by atoms with E-state index in [2.05, 4.69) is 44.7 Å². The van der Waals surface area contributed by atoms with Crippen LogP contribution in [-0.4, -0.2) is 78.9 Å². The normalized spacial score (nSPS) is 10.6. The van der Waals surface area contributed by atoms with Crippen molar-refractivity contribution in [1.82, 2.24) is 25.1 Å². The first-order valence-corrected chi connectivity index (χ1v) is 12.2. The van der Waals surface area contributed by atoms with Gasteiger partial charge in [-0.05, 0) is 51.2 Å². The first kappa shape index (κ1) is 29.3. The molecule has 0 atom stereocenters. The van der Waals surface area contributed by atoms with Crippen LogP contribution in [0.1, 0.15) is 31.7 Å². The second-order valence-corrected chi connectivity index (χ2v) is 8.63. The summed E-state index contributed by atoms with van der Waals surface area (Å²) in [6.45, 7) is 3.91. The van der Waals surface area contributed by atoms with Crippen molar-refractivity contribution in [3.8, 4) is 11.8 Å². The standard InChI is InChI=1S/C27H36FN7O2/c1-5-16-30-26-21(19-31-27(33-26)32-23-14-12-22(28)13-15-23)10-7-6-8-17-29-24(36)20-35(4)25(37)11-9-18-34(2)3/h9,11-15,19H,5-6,8,16-18,20H2,1-4H3,(H,29,36)(H2,30,31,32,33). The van der Waals surface area contributed by atoms with E-state index in [1.807, 2.05) is 19.0 Å². The molecule has 3 N–H and O–H groups in total. The molecule has 2 aromatic rings. The molecule has 198 valence electrons. The number of nitrogens with one attached hydrogen (secondary N) is 3. The Morgan fingerprint density at radius 3 is 2.59 bits per heavy atom. The van der Waals surface area contributed by atoms with E-state index in [0.29, 0.717) is 48.9 Å². The number of unbranched alkanes of at least 4 members (excludes halogenated alkanes) is 1. The number of halogens is 1. The summed E-state index contributed by atoms with van der Waals surface area (Å²) in [5, 5.41) is 9.13. The molecule has 0 aliphatic rings. The summed E-state index contributed by atoms with van der Waals surface area (Å²) < 4.78 is 13.1. The monoisotopic (exact) mass is 509 g/mol. The van der Waals surface area contributed by atoms with Crippen molar-refractivity contribution < 1.29 is 14.0 Å². The Morgan fingerprint density at radius 1 is 1.14 bits per heavy atom. The van der Waals surface area contributed by atoms with Gasteiger partial charge in [-0.1, -0.05) is 24.8 Å². The van der Waals surface area contributed by atoms with E-state index < -0.39 is 0 Å². The largest absolute Gasteiger partial charge is 0.369 e. The lowest BCUT2D eigenvalue weighted by Crippen LogP contribution is -2.38. The zero-order valence-corrected chi connectivity index (χ0v) is 22.0. The van der Waals surface area contributed by atoms with Gasteiger partial charge in [0, 0.05) is 44.9 Å². The fraction of sp³-hybridized carbons (Fsp3) is 0.407. The fourth-order valence-corrected chi connectivity index (χ4v) is 2.98. The van der Waals surface area contributed by atoms with E-state index in [-0.39, 0.29) is 24.2 Å². The smallest absolute Gasteiger partial charge is 0.246 e. The Kier molecular flexibility index (Phi) is 12.6. The molecule has 0 aliphatic heterocycles. The van der Waals surface area contributed by atoms with Crippen LogP contribution in [0.25, 0.3) is 0 Å². The molecule has 1 aromatic carbocycles. The first-order chi connectivity index (χ1) is 17.8. The summed E-state index contributed by atoms with van der Waals surface area (Å²) in [5.74, 6) is 6.46. The maximum Gasteiger partial charge on any atom is 0.246 e. The number of rotatable bonds is 13. The molecule has 0 spiro atoms. The Balaban J connectivity index is 1.82. The van der Waals surface area contributed by atoms with E-state index in [1.165, 1.54) is 23.1 Å². The van der Waals surface area contributed by atoms with E-state index in [1.54, 1.807) is 31.5 Å². The minimum Gasteiger partial charge on any atom is -0.369 e. The number of amides is 2. The Bertz CT molecular complexity index is 1110. The lowest BCUT2D eigenvalue weighted by Gasteiger charge is -2.14. The molecule has 0 saturated heterocycles. The van der Waals surface area contributed by atoms with Crippen molar-refractivity contribution in [2.75, 3.05) is 58.0 Å². The van der Waals surface area contributed by atoms with Crippen molar-refractivity contribution in [1.29, 1.82) is 0 Å². The minimum atomic E-state index is -0.312. The van der Waals surface area contributed by atoms with Crippen LogP contribution in [0.2, 0.25) is 0 Å². The summed E-state index contributed by atoms with van der Waals surface area (Å²) in [6.07, 6.45) is 7.05. The van der Waals surface area contributed by atoms with Gasteiger partial charge in [0.2, 0.25) is 17.8 Å². The number of aromatic nitrogens is 2. The van der Waals surface area contributed by atoms with Crippen molar-refractivity contribution >= 4 is 29.3 Å². The molecule has 0 saturated carbocycles. The summed E-state index contributed by atoms with van der Waals surface area (Å²) in [7, 11) is 5.43. The van der Waals surface area contributed by atoms with Crippen molar-refractivity contribution in [3.05, 3.63) is 54.0 Å². The minimum absolute atomic E-state index is 0.00107. The second kappa shape index (κ2) is 15.9. The van der Waals surface area contributed by atoms with Crippen LogP contribution >= 0.6 is 0 Å². The predicted octanol–water partition coefficient (Wildman–Crippen LogP) is 3.01. The molecule has 37 heavy (non-hydrogen) atoms. The van der Waals surface area contributed by atoms with E-state index in [9.17, 15) is 14.0 Å². The molecule has 0 fully saturated rings. The highest BCUT2D eigenvalue weighted by Gasteiger charge is 2.10. The third-order valence-corrected chi connectivity index (χ3v) is 4.94. The lowest BCUT2D eigenvalue weighted by atomic mass is 10.2. The number of hydrogen-bond acceptors (Lipinski definition) is 7. The number of benzene rings is 1. The van der Waals surface area contributed by atoms with E-state index in [0.717, 1.165) is 13.0 Å².